The number of nitrogens with zero attached hydrogens (tertiary/aromatic N) is 3. The highest BCUT2D eigenvalue weighted by molar-refractivity contribution is 7.89. The maximum absolute atomic E-state index is 12.9. The monoisotopic (exact) mass is 400 g/mol. The molecule has 0 aliphatic rings. The van der Waals surface area contributed by atoms with Gasteiger partial charge in [0.1, 0.15) is 6.04 Å². The maximum Gasteiger partial charge on any atom is 0.245 e. The standard InChI is InChI=1S/C20H24N4O3S/c1-4-6-15-8-10-17(11-9-15)28(25,26)24-18(14(2)3)20-22-19(23-27-20)16-7-5-12-21-13-16/h5,7-14,18,24H,4,6H2,1-3H3. The van der Waals surface area contributed by atoms with Gasteiger partial charge in [0.05, 0.1) is 4.90 Å². The van der Waals surface area contributed by atoms with Crippen LogP contribution in [0.3, 0.4) is 0 Å². The number of aromatic nitrogens is 3. The van der Waals surface area contributed by atoms with Gasteiger partial charge in [0.2, 0.25) is 21.7 Å². The Morgan fingerprint density at radius 2 is 1.89 bits per heavy atom. The molecule has 0 saturated carbocycles. The van der Waals surface area contributed by atoms with Crippen LogP contribution >= 0.6 is 0 Å². The van der Waals surface area contributed by atoms with Gasteiger partial charge in [-0.05, 0) is 42.2 Å². The van der Waals surface area contributed by atoms with Gasteiger partial charge in [-0.25, -0.2) is 8.42 Å². The van der Waals surface area contributed by atoms with Gasteiger partial charge in [-0.2, -0.15) is 9.71 Å². The summed E-state index contributed by atoms with van der Waals surface area (Å²) in [7, 11) is -3.73. The number of rotatable bonds is 8. The molecule has 3 rings (SSSR count). The number of sulfonamides is 1. The van der Waals surface area contributed by atoms with E-state index >= 15 is 0 Å². The molecular formula is C20H24N4O3S. The Morgan fingerprint density at radius 3 is 2.50 bits per heavy atom. The van der Waals surface area contributed by atoms with Gasteiger partial charge in [-0.3, -0.25) is 4.98 Å². The first-order valence-electron chi connectivity index (χ1n) is 9.26. The summed E-state index contributed by atoms with van der Waals surface area (Å²) >= 11 is 0. The van der Waals surface area contributed by atoms with E-state index in [1.54, 1.807) is 30.6 Å². The molecule has 28 heavy (non-hydrogen) atoms. The van der Waals surface area contributed by atoms with Gasteiger partial charge >= 0.3 is 0 Å². The van der Waals surface area contributed by atoms with Crippen molar-refractivity contribution in [3.63, 3.8) is 0 Å². The zero-order valence-electron chi connectivity index (χ0n) is 16.2. The second-order valence-electron chi connectivity index (χ2n) is 6.93. The van der Waals surface area contributed by atoms with E-state index in [1.165, 1.54) is 0 Å². The Kier molecular flexibility index (Phi) is 6.21. The maximum atomic E-state index is 12.9. The van der Waals surface area contributed by atoms with Crippen LogP contribution in [0.1, 0.15) is 44.7 Å². The predicted octanol–water partition coefficient (Wildman–Crippen LogP) is 3.76. The predicted molar refractivity (Wildman–Crippen MR) is 106 cm³/mol. The third-order valence-electron chi connectivity index (χ3n) is 4.35. The fourth-order valence-electron chi connectivity index (χ4n) is 2.80. The fraction of sp³-hybridized carbons (Fsp3) is 0.350. The SMILES string of the molecule is CCCc1ccc(S(=O)(=O)NC(c2nc(-c3cccnc3)no2)C(C)C)cc1. The van der Waals surface area contributed by atoms with E-state index in [-0.39, 0.29) is 16.7 Å². The third kappa shape index (κ3) is 4.63. The molecule has 0 aliphatic heterocycles. The molecule has 7 nitrogen and oxygen atoms in total. The first kappa shape index (κ1) is 20.2. The third-order valence-corrected chi connectivity index (χ3v) is 5.81. The first-order chi connectivity index (χ1) is 13.4. The average molecular weight is 401 g/mol. The average Bonchev–Trinajstić information content (AvgIpc) is 3.17. The molecular weight excluding hydrogens is 376 g/mol. The topological polar surface area (TPSA) is 98.0 Å². The van der Waals surface area contributed by atoms with Crippen molar-refractivity contribution in [2.45, 2.75) is 44.6 Å². The summed E-state index contributed by atoms with van der Waals surface area (Å²) in [5.41, 5.74) is 1.81. The van der Waals surface area contributed by atoms with E-state index in [4.69, 9.17) is 4.52 Å². The minimum Gasteiger partial charge on any atom is -0.337 e. The summed E-state index contributed by atoms with van der Waals surface area (Å²) in [5.74, 6) is 0.508. The second kappa shape index (κ2) is 8.62. The molecule has 0 amide bonds. The van der Waals surface area contributed by atoms with Crippen molar-refractivity contribution in [2.75, 3.05) is 0 Å². The Bertz CT molecular complexity index is 999. The summed E-state index contributed by atoms with van der Waals surface area (Å²) in [6.07, 6.45) is 5.21. The van der Waals surface area contributed by atoms with Crippen LogP contribution in [-0.2, 0) is 16.4 Å². The van der Waals surface area contributed by atoms with E-state index in [0.717, 1.165) is 18.4 Å². The molecule has 2 heterocycles. The quantitative estimate of drug-likeness (QED) is 0.618. The second-order valence-corrected chi connectivity index (χ2v) is 8.65. The van der Waals surface area contributed by atoms with Crippen molar-refractivity contribution in [3.8, 4) is 11.4 Å². The van der Waals surface area contributed by atoms with E-state index in [0.29, 0.717) is 11.4 Å². The number of hydrogen-bond acceptors (Lipinski definition) is 6. The van der Waals surface area contributed by atoms with E-state index in [2.05, 4.69) is 26.8 Å². The van der Waals surface area contributed by atoms with Crippen LogP contribution in [0.25, 0.3) is 11.4 Å². The zero-order valence-corrected chi connectivity index (χ0v) is 17.0. The van der Waals surface area contributed by atoms with Crippen molar-refractivity contribution < 1.29 is 12.9 Å². The lowest BCUT2D eigenvalue weighted by atomic mass is 10.1. The minimum atomic E-state index is -3.73. The Balaban J connectivity index is 1.84. The molecule has 3 aromatic rings. The van der Waals surface area contributed by atoms with Gasteiger partial charge in [-0.15, -0.1) is 0 Å². The van der Waals surface area contributed by atoms with Crippen LogP contribution in [0.5, 0.6) is 0 Å². The molecule has 148 valence electrons. The van der Waals surface area contributed by atoms with Crippen molar-refractivity contribution >= 4 is 10.0 Å². The Labute approximate surface area is 165 Å². The molecule has 1 aromatic carbocycles. The van der Waals surface area contributed by atoms with E-state index in [9.17, 15) is 8.42 Å². The summed E-state index contributed by atoms with van der Waals surface area (Å²) in [6.45, 7) is 5.88. The highest BCUT2D eigenvalue weighted by Gasteiger charge is 2.28. The van der Waals surface area contributed by atoms with Crippen LogP contribution < -0.4 is 4.72 Å². The number of pyridine rings is 1. The molecule has 2 aromatic heterocycles. The summed E-state index contributed by atoms with van der Waals surface area (Å²) in [4.78, 5) is 8.62. The minimum absolute atomic E-state index is 0.0867. The van der Waals surface area contributed by atoms with Gasteiger partial charge in [0.15, 0.2) is 0 Å². The smallest absolute Gasteiger partial charge is 0.245 e. The van der Waals surface area contributed by atoms with Crippen LogP contribution in [0, 0.1) is 5.92 Å². The van der Waals surface area contributed by atoms with Gasteiger partial charge in [0, 0.05) is 18.0 Å². The molecule has 0 radical (unpaired) electrons. The van der Waals surface area contributed by atoms with Crippen LogP contribution in [0.4, 0.5) is 0 Å². The van der Waals surface area contributed by atoms with Crippen molar-refractivity contribution in [1.82, 2.24) is 19.8 Å². The van der Waals surface area contributed by atoms with E-state index in [1.807, 2.05) is 32.0 Å². The highest BCUT2D eigenvalue weighted by atomic mass is 32.2. The van der Waals surface area contributed by atoms with Gasteiger partial charge in [-0.1, -0.05) is 44.5 Å². The number of nitrogens with one attached hydrogen (secondary N) is 1. The number of hydrogen-bond donors (Lipinski definition) is 1. The van der Waals surface area contributed by atoms with Crippen molar-refractivity contribution in [1.29, 1.82) is 0 Å². The highest BCUT2D eigenvalue weighted by Crippen LogP contribution is 2.25. The van der Waals surface area contributed by atoms with Crippen molar-refractivity contribution in [2.24, 2.45) is 5.92 Å². The van der Waals surface area contributed by atoms with Gasteiger partial charge in [0.25, 0.3) is 0 Å². The fourth-order valence-corrected chi connectivity index (χ4v) is 4.14. The molecule has 1 atom stereocenters. The number of benzene rings is 1. The van der Waals surface area contributed by atoms with Crippen LogP contribution in [0.15, 0.2) is 58.2 Å². The summed E-state index contributed by atoms with van der Waals surface area (Å²) < 4.78 is 33.8. The molecule has 0 fully saturated rings. The van der Waals surface area contributed by atoms with Crippen LogP contribution in [-0.4, -0.2) is 23.5 Å². The summed E-state index contributed by atoms with van der Waals surface area (Å²) in [5, 5.41) is 3.96. The zero-order chi connectivity index (χ0) is 20.1. The van der Waals surface area contributed by atoms with Crippen LogP contribution in [0.2, 0.25) is 0 Å². The lowest BCUT2D eigenvalue weighted by Crippen LogP contribution is -2.32. The molecule has 1 N–H and O–H groups in total. The van der Waals surface area contributed by atoms with Gasteiger partial charge < -0.3 is 4.52 Å². The first-order valence-corrected chi connectivity index (χ1v) is 10.7. The largest absolute Gasteiger partial charge is 0.337 e. The Morgan fingerprint density at radius 1 is 1.14 bits per heavy atom. The molecule has 0 saturated heterocycles. The molecule has 0 bridgehead atoms. The van der Waals surface area contributed by atoms with Crippen molar-refractivity contribution in [3.05, 3.63) is 60.2 Å². The summed E-state index contributed by atoms with van der Waals surface area (Å²) in [6, 6.07) is 9.88. The lowest BCUT2D eigenvalue weighted by Gasteiger charge is -2.18. The molecule has 8 heteroatoms. The molecule has 0 aliphatic carbocycles. The Hall–Kier alpha value is -2.58. The normalized spacial score (nSPS) is 13.0. The lowest BCUT2D eigenvalue weighted by molar-refractivity contribution is 0.311. The molecule has 0 spiro atoms. The number of aryl methyl sites for hydroxylation is 1. The van der Waals surface area contributed by atoms with E-state index < -0.39 is 16.1 Å². The molecule has 1 unspecified atom stereocenters.